The van der Waals surface area contributed by atoms with Gasteiger partial charge in [-0.25, -0.2) is 19.0 Å². The largest absolute Gasteiger partial charge is 0.316 e. The molecule has 0 saturated heterocycles. The highest BCUT2D eigenvalue weighted by Crippen LogP contribution is 2.43. The summed E-state index contributed by atoms with van der Waals surface area (Å²) in [4.78, 5) is 15.7. The van der Waals surface area contributed by atoms with Crippen molar-refractivity contribution in [3.05, 3.63) is 22.2 Å². The molecule has 0 aliphatic heterocycles. The summed E-state index contributed by atoms with van der Waals surface area (Å²) >= 11 is 6.94. The second-order valence-electron chi connectivity index (χ2n) is 9.70. The van der Waals surface area contributed by atoms with Crippen molar-refractivity contribution < 1.29 is 13.2 Å². The van der Waals surface area contributed by atoms with Gasteiger partial charge in [0.25, 0.3) is 0 Å². The van der Waals surface area contributed by atoms with Crippen LogP contribution in [0, 0.1) is 18.8 Å². The quantitative estimate of drug-likeness (QED) is 0.228. The predicted molar refractivity (Wildman–Crippen MR) is 140 cm³/mol. The normalized spacial score (nSPS) is 19.8. The molecule has 3 aliphatic rings. The minimum Gasteiger partial charge on any atom is -0.316 e. The van der Waals surface area contributed by atoms with E-state index in [1.807, 2.05) is 24.9 Å². The average Bonchev–Trinajstić information content (AvgIpc) is 3.73. The lowest BCUT2D eigenvalue weighted by molar-refractivity contribution is -0.117. The topological polar surface area (TPSA) is 134 Å². The van der Waals surface area contributed by atoms with Crippen LogP contribution in [-0.4, -0.2) is 41.8 Å². The molecule has 0 radical (unpaired) electrons. The number of hydrogen-bond donors (Lipinski definition) is 4. The summed E-state index contributed by atoms with van der Waals surface area (Å²) in [5.41, 5.74) is 4.19. The van der Waals surface area contributed by atoms with Gasteiger partial charge in [-0.1, -0.05) is 0 Å². The van der Waals surface area contributed by atoms with E-state index in [0.717, 1.165) is 54.1 Å². The third-order valence-electron chi connectivity index (χ3n) is 6.83. The van der Waals surface area contributed by atoms with Crippen molar-refractivity contribution in [3.63, 3.8) is 0 Å². The van der Waals surface area contributed by atoms with E-state index in [9.17, 15) is 13.2 Å². The molecule has 2 aromatic rings. The van der Waals surface area contributed by atoms with Gasteiger partial charge in [-0.15, -0.1) is 11.3 Å². The number of nitrogens with one attached hydrogen (secondary N) is 3. The van der Waals surface area contributed by atoms with E-state index >= 15 is 0 Å². The van der Waals surface area contributed by atoms with E-state index in [4.69, 9.17) is 18.1 Å². The fraction of sp³-hybridized carbons (Fsp3) is 0.591. The van der Waals surface area contributed by atoms with Crippen molar-refractivity contribution in [2.75, 3.05) is 16.8 Å². The maximum absolute atomic E-state index is 13.5. The van der Waals surface area contributed by atoms with Gasteiger partial charge in [-0.05, 0) is 75.6 Å². The number of rotatable bonds is 8. The molecule has 35 heavy (non-hydrogen) atoms. The van der Waals surface area contributed by atoms with Crippen LogP contribution < -0.4 is 26.2 Å². The standard InChI is InChI=1S/C22H31N7O3S3/c1-12-9-18(28(2)27-12)29(22(33)26-23)15-7-8-17-16(10-15)19(35(31,32)24-11-13-3-4-13)21(34-17)25-20(30)14-5-6-14/h9,13-15,24H,3-8,10-11,23H2,1-2H3,(H,25,30)(H,26,33). The first-order chi connectivity index (χ1) is 16.7. The maximum Gasteiger partial charge on any atom is 0.243 e. The first-order valence-corrected chi connectivity index (χ1v) is 14.6. The summed E-state index contributed by atoms with van der Waals surface area (Å²) in [7, 11) is -1.96. The third kappa shape index (κ3) is 5.10. The molecule has 1 amide bonds. The highest BCUT2D eigenvalue weighted by atomic mass is 32.2. The third-order valence-corrected chi connectivity index (χ3v) is 10.0. The van der Waals surface area contributed by atoms with Crippen LogP contribution in [0.15, 0.2) is 11.0 Å². The number of fused-ring (bicyclic) bond motifs is 1. The fourth-order valence-corrected chi connectivity index (χ4v) is 7.98. The number of carbonyl (C=O) groups is 1. The van der Waals surface area contributed by atoms with Gasteiger partial charge >= 0.3 is 0 Å². The van der Waals surface area contributed by atoms with Crippen LogP contribution in [0.4, 0.5) is 10.8 Å². The van der Waals surface area contributed by atoms with Crippen LogP contribution >= 0.6 is 23.6 Å². The number of aromatic nitrogens is 2. The minimum absolute atomic E-state index is 0.0200. The summed E-state index contributed by atoms with van der Waals surface area (Å²) in [6.45, 7) is 2.33. The molecular formula is C22H31N7O3S3. The number of nitrogens with two attached hydrogens (primary N) is 1. The summed E-state index contributed by atoms with van der Waals surface area (Å²) in [5.74, 6) is 6.78. The molecule has 1 unspecified atom stereocenters. The van der Waals surface area contributed by atoms with E-state index in [0.29, 0.717) is 35.4 Å². The van der Waals surface area contributed by atoms with Gasteiger partial charge in [0.15, 0.2) is 5.11 Å². The molecule has 190 valence electrons. The molecule has 2 fully saturated rings. The molecule has 5 N–H and O–H groups in total. The van der Waals surface area contributed by atoms with Crippen molar-refractivity contribution in [1.82, 2.24) is 19.9 Å². The van der Waals surface area contributed by atoms with Gasteiger partial charge in [0, 0.05) is 36.5 Å². The Kier molecular flexibility index (Phi) is 6.64. The molecule has 10 nitrogen and oxygen atoms in total. The van der Waals surface area contributed by atoms with Crippen molar-refractivity contribution in [3.8, 4) is 0 Å². The van der Waals surface area contributed by atoms with E-state index in [1.165, 1.54) is 11.3 Å². The molecule has 2 aromatic heterocycles. The van der Waals surface area contributed by atoms with Gasteiger partial charge in [-0.2, -0.15) is 5.10 Å². The summed E-state index contributed by atoms with van der Waals surface area (Å²) < 4.78 is 31.6. The monoisotopic (exact) mass is 537 g/mol. The maximum atomic E-state index is 13.5. The smallest absolute Gasteiger partial charge is 0.243 e. The van der Waals surface area contributed by atoms with Gasteiger partial charge in [0.2, 0.25) is 15.9 Å². The van der Waals surface area contributed by atoms with Crippen LogP contribution in [0.2, 0.25) is 0 Å². The van der Waals surface area contributed by atoms with Crippen LogP contribution in [0.1, 0.15) is 48.2 Å². The number of hydrazine groups is 1. The Bertz CT molecular complexity index is 1260. The number of thiophene rings is 1. The number of thiocarbonyl (C=S) groups is 1. The van der Waals surface area contributed by atoms with Crippen molar-refractivity contribution in [2.24, 2.45) is 24.7 Å². The van der Waals surface area contributed by atoms with E-state index in [2.05, 4.69) is 20.6 Å². The molecule has 13 heteroatoms. The Balaban J connectivity index is 1.51. The summed E-state index contributed by atoms with van der Waals surface area (Å²) in [6, 6.07) is 1.81. The first kappa shape index (κ1) is 24.6. The SMILES string of the molecule is Cc1cc(N(C(=S)NN)C2CCc3sc(NC(=O)C4CC4)c(S(=O)(=O)NCC4CC4)c3C2)n(C)n1. The lowest BCUT2D eigenvalue weighted by Gasteiger charge is -2.35. The number of carbonyl (C=O) groups excluding carboxylic acids is 1. The predicted octanol–water partition coefficient (Wildman–Crippen LogP) is 1.94. The molecule has 3 aliphatic carbocycles. The molecule has 2 saturated carbocycles. The lowest BCUT2D eigenvalue weighted by Crippen LogP contribution is -2.51. The minimum atomic E-state index is -3.80. The van der Waals surface area contributed by atoms with Gasteiger partial charge in [0.1, 0.15) is 15.7 Å². The highest BCUT2D eigenvalue weighted by Gasteiger charge is 2.38. The molecule has 0 bridgehead atoms. The molecule has 0 aromatic carbocycles. The lowest BCUT2D eigenvalue weighted by atomic mass is 9.93. The van der Waals surface area contributed by atoms with E-state index in [1.54, 1.807) is 4.68 Å². The van der Waals surface area contributed by atoms with E-state index < -0.39 is 10.0 Å². The number of amides is 1. The van der Waals surface area contributed by atoms with Crippen molar-refractivity contribution in [1.29, 1.82) is 0 Å². The van der Waals surface area contributed by atoms with Crippen LogP contribution in [0.3, 0.4) is 0 Å². The molecule has 5 rings (SSSR count). The fourth-order valence-electron chi connectivity index (χ4n) is 4.66. The molecule has 2 heterocycles. The number of sulfonamides is 1. The van der Waals surface area contributed by atoms with Crippen molar-refractivity contribution >= 4 is 55.4 Å². The van der Waals surface area contributed by atoms with Crippen LogP contribution in [0.5, 0.6) is 0 Å². The van der Waals surface area contributed by atoms with Gasteiger partial charge in [0.05, 0.1) is 5.69 Å². The van der Waals surface area contributed by atoms with Gasteiger partial charge in [-0.3, -0.25) is 14.4 Å². The Labute approximate surface area is 214 Å². The number of aryl methyl sites for hydroxylation is 3. The Morgan fingerprint density at radius 2 is 2.06 bits per heavy atom. The molecule has 0 spiro atoms. The Hall–Kier alpha value is -2.06. The van der Waals surface area contributed by atoms with E-state index in [-0.39, 0.29) is 22.8 Å². The molecular weight excluding hydrogens is 506 g/mol. The molecule has 1 atom stereocenters. The summed E-state index contributed by atoms with van der Waals surface area (Å²) in [5, 5.41) is 8.15. The van der Waals surface area contributed by atoms with Crippen LogP contribution in [0.25, 0.3) is 0 Å². The number of nitrogens with zero attached hydrogens (tertiary/aromatic N) is 3. The van der Waals surface area contributed by atoms with Crippen LogP contribution in [-0.2, 0) is 34.7 Å². The second-order valence-corrected chi connectivity index (χ2v) is 12.9. The number of anilines is 2. The zero-order valence-corrected chi connectivity index (χ0v) is 22.3. The highest BCUT2D eigenvalue weighted by molar-refractivity contribution is 7.90. The zero-order chi connectivity index (χ0) is 24.9. The van der Waals surface area contributed by atoms with Gasteiger partial charge < -0.3 is 10.7 Å². The zero-order valence-electron chi connectivity index (χ0n) is 19.8. The summed E-state index contributed by atoms with van der Waals surface area (Å²) in [6.07, 6.45) is 5.67. The first-order valence-electron chi connectivity index (χ1n) is 11.9. The van der Waals surface area contributed by atoms with Crippen molar-refractivity contribution in [2.45, 2.75) is 62.8 Å². The Morgan fingerprint density at radius 3 is 2.66 bits per heavy atom. The second kappa shape index (κ2) is 9.43. The number of hydrogen-bond acceptors (Lipinski definition) is 7. The Morgan fingerprint density at radius 1 is 1.31 bits per heavy atom. The average molecular weight is 538 g/mol.